The SMILES string of the molecule is CCc1ccc(OCCCO)c(C)c1C. The highest BCUT2D eigenvalue weighted by Crippen LogP contribution is 2.24. The molecule has 0 fully saturated rings. The molecule has 1 aromatic carbocycles. The second-order valence-electron chi connectivity index (χ2n) is 3.75. The van der Waals surface area contributed by atoms with Gasteiger partial charge in [0.25, 0.3) is 0 Å². The standard InChI is InChI=1S/C13H20O2/c1-4-12-6-7-13(11(3)10(12)2)15-9-5-8-14/h6-7,14H,4-5,8-9H2,1-3H3. The van der Waals surface area contributed by atoms with Gasteiger partial charge in [0.2, 0.25) is 0 Å². The Balaban J connectivity index is 2.77. The maximum atomic E-state index is 8.67. The van der Waals surface area contributed by atoms with Gasteiger partial charge in [-0.15, -0.1) is 0 Å². The summed E-state index contributed by atoms with van der Waals surface area (Å²) >= 11 is 0. The van der Waals surface area contributed by atoms with Crippen LogP contribution in [0, 0.1) is 13.8 Å². The average Bonchev–Trinajstić information content (AvgIpc) is 2.25. The van der Waals surface area contributed by atoms with E-state index in [-0.39, 0.29) is 6.61 Å². The highest BCUT2D eigenvalue weighted by Gasteiger charge is 2.05. The van der Waals surface area contributed by atoms with Gasteiger partial charge < -0.3 is 9.84 Å². The van der Waals surface area contributed by atoms with Crippen molar-refractivity contribution >= 4 is 0 Å². The summed E-state index contributed by atoms with van der Waals surface area (Å²) < 4.78 is 5.60. The highest BCUT2D eigenvalue weighted by molar-refractivity contribution is 5.43. The lowest BCUT2D eigenvalue weighted by Crippen LogP contribution is -2.02. The zero-order valence-electron chi connectivity index (χ0n) is 9.84. The number of rotatable bonds is 5. The van der Waals surface area contributed by atoms with E-state index in [9.17, 15) is 0 Å². The molecule has 1 N–H and O–H groups in total. The van der Waals surface area contributed by atoms with E-state index in [4.69, 9.17) is 9.84 Å². The summed E-state index contributed by atoms with van der Waals surface area (Å²) in [6, 6.07) is 4.15. The van der Waals surface area contributed by atoms with Crippen LogP contribution < -0.4 is 4.74 Å². The number of hydrogen-bond donors (Lipinski definition) is 1. The van der Waals surface area contributed by atoms with E-state index in [0.29, 0.717) is 13.0 Å². The van der Waals surface area contributed by atoms with E-state index >= 15 is 0 Å². The summed E-state index contributed by atoms with van der Waals surface area (Å²) in [4.78, 5) is 0. The quantitative estimate of drug-likeness (QED) is 0.754. The molecule has 0 amide bonds. The van der Waals surface area contributed by atoms with E-state index in [2.05, 4.69) is 26.8 Å². The van der Waals surface area contributed by atoms with Crippen molar-refractivity contribution in [3.05, 3.63) is 28.8 Å². The third-order valence-corrected chi connectivity index (χ3v) is 2.79. The Morgan fingerprint density at radius 1 is 1.20 bits per heavy atom. The number of ether oxygens (including phenoxy) is 1. The van der Waals surface area contributed by atoms with Gasteiger partial charge in [0.05, 0.1) is 6.61 Å². The van der Waals surface area contributed by atoms with Crippen molar-refractivity contribution in [3.8, 4) is 5.75 Å². The average molecular weight is 208 g/mol. The minimum atomic E-state index is 0.186. The predicted octanol–water partition coefficient (Wildman–Crippen LogP) is 2.63. The molecule has 2 nitrogen and oxygen atoms in total. The van der Waals surface area contributed by atoms with Crippen LogP contribution in [0.5, 0.6) is 5.75 Å². The monoisotopic (exact) mass is 208 g/mol. The molecule has 0 heterocycles. The molecule has 0 radical (unpaired) electrons. The minimum Gasteiger partial charge on any atom is -0.493 e. The minimum absolute atomic E-state index is 0.186. The molecule has 0 unspecified atom stereocenters. The van der Waals surface area contributed by atoms with E-state index < -0.39 is 0 Å². The normalized spacial score (nSPS) is 10.4. The molecule has 15 heavy (non-hydrogen) atoms. The first kappa shape index (κ1) is 12.1. The van der Waals surface area contributed by atoms with Crippen molar-refractivity contribution in [2.45, 2.75) is 33.6 Å². The molecule has 1 aromatic rings. The zero-order chi connectivity index (χ0) is 11.3. The molecular weight excluding hydrogens is 188 g/mol. The van der Waals surface area contributed by atoms with Crippen molar-refractivity contribution in [2.24, 2.45) is 0 Å². The fourth-order valence-electron chi connectivity index (χ4n) is 1.64. The molecule has 84 valence electrons. The van der Waals surface area contributed by atoms with Crippen LogP contribution in [0.25, 0.3) is 0 Å². The van der Waals surface area contributed by atoms with Crippen LogP contribution >= 0.6 is 0 Å². The number of hydrogen-bond acceptors (Lipinski definition) is 2. The van der Waals surface area contributed by atoms with Crippen molar-refractivity contribution in [1.29, 1.82) is 0 Å². The molecular formula is C13H20O2. The van der Waals surface area contributed by atoms with E-state index in [0.717, 1.165) is 12.2 Å². The summed E-state index contributed by atoms with van der Waals surface area (Å²) in [6.45, 7) is 7.15. The van der Waals surface area contributed by atoms with Crippen LogP contribution in [0.1, 0.15) is 30.0 Å². The summed E-state index contributed by atoms with van der Waals surface area (Å²) in [5.41, 5.74) is 3.91. The third kappa shape index (κ3) is 2.96. The number of benzene rings is 1. The fraction of sp³-hybridized carbons (Fsp3) is 0.538. The molecule has 0 saturated carbocycles. The van der Waals surface area contributed by atoms with Crippen LogP contribution in [0.3, 0.4) is 0 Å². The first-order valence-corrected chi connectivity index (χ1v) is 5.53. The van der Waals surface area contributed by atoms with Gasteiger partial charge in [0.15, 0.2) is 0 Å². The Labute approximate surface area is 91.9 Å². The smallest absolute Gasteiger partial charge is 0.122 e. The Kier molecular flexibility index (Phi) is 4.63. The van der Waals surface area contributed by atoms with E-state index in [1.807, 2.05) is 6.07 Å². The number of aliphatic hydroxyl groups excluding tert-OH is 1. The lowest BCUT2D eigenvalue weighted by atomic mass is 10.0. The number of aliphatic hydroxyl groups is 1. The molecule has 2 heteroatoms. The van der Waals surface area contributed by atoms with E-state index in [1.165, 1.54) is 16.7 Å². The van der Waals surface area contributed by atoms with Crippen LogP contribution in [0.2, 0.25) is 0 Å². The van der Waals surface area contributed by atoms with Gasteiger partial charge in [-0.25, -0.2) is 0 Å². The Bertz CT molecular complexity index is 319. The Hall–Kier alpha value is -1.02. The Morgan fingerprint density at radius 2 is 1.93 bits per heavy atom. The molecule has 0 atom stereocenters. The van der Waals surface area contributed by atoms with Crippen LogP contribution in [0.15, 0.2) is 12.1 Å². The molecule has 0 aliphatic heterocycles. The Morgan fingerprint density at radius 3 is 2.53 bits per heavy atom. The van der Waals surface area contributed by atoms with E-state index in [1.54, 1.807) is 0 Å². The number of aryl methyl sites for hydroxylation is 1. The topological polar surface area (TPSA) is 29.5 Å². The summed E-state index contributed by atoms with van der Waals surface area (Å²) in [6.07, 6.45) is 1.75. The van der Waals surface area contributed by atoms with Crippen molar-refractivity contribution in [1.82, 2.24) is 0 Å². The maximum Gasteiger partial charge on any atom is 0.122 e. The van der Waals surface area contributed by atoms with Crippen LogP contribution in [0.4, 0.5) is 0 Å². The zero-order valence-corrected chi connectivity index (χ0v) is 9.84. The largest absolute Gasteiger partial charge is 0.493 e. The lowest BCUT2D eigenvalue weighted by molar-refractivity contribution is 0.233. The van der Waals surface area contributed by atoms with Gasteiger partial charge in [-0.05, 0) is 43.0 Å². The van der Waals surface area contributed by atoms with Gasteiger partial charge in [-0.3, -0.25) is 0 Å². The van der Waals surface area contributed by atoms with Gasteiger partial charge in [-0.1, -0.05) is 13.0 Å². The van der Waals surface area contributed by atoms with Crippen molar-refractivity contribution in [2.75, 3.05) is 13.2 Å². The third-order valence-electron chi connectivity index (χ3n) is 2.79. The molecule has 0 aliphatic carbocycles. The molecule has 0 bridgehead atoms. The predicted molar refractivity (Wildman–Crippen MR) is 62.5 cm³/mol. The summed E-state index contributed by atoms with van der Waals surface area (Å²) in [7, 11) is 0. The van der Waals surface area contributed by atoms with Crippen LogP contribution in [-0.2, 0) is 6.42 Å². The maximum absolute atomic E-state index is 8.67. The first-order chi connectivity index (χ1) is 7.20. The first-order valence-electron chi connectivity index (χ1n) is 5.53. The summed E-state index contributed by atoms with van der Waals surface area (Å²) in [5, 5.41) is 8.67. The molecule has 0 spiro atoms. The lowest BCUT2D eigenvalue weighted by Gasteiger charge is -2.13. The van der Waals surface area contributed by atoms with Crippen molar-refractivity contribution < 1.29 is 9.84 Å². The van der Waals surface area contributed by atoms with Gasteiger partial charge >= 0.3 is 0 Å². The fourth-order valence-corrected chi connectivity index (χ4v) is 1.64. The highest BCUT2D eigenvalue weighted by atomic mass is 16.5. The summed E-state index contributed by atoms with van der Waals surface area (Å²) in [5.74, 6) is 0.943. The van der Waals surface area contributed by atoms with Crippen LogP contribution in [-0.4, -0.2) is 18.3 Å². The molecule has 0 aliphatic rings. The van der Waals surface area contributed by atoms with Gasteiger partial charge in [-0.2, -0.15) is 0 Å². The molecule has 0 aromatic heterocycles. The van der Waals surface area contributed by atoms with Gasteiger partial charge in [0, 0.05) is 13.0 Å². The molecule has 1 rings (SSSR count). The molecule has 0 saturated heterocycles. The second-order valence-corrected chi connectivity index (χ2v) is 3.75. The second kappa shape index (κ2) is 5.76. The van der Waals surface area contributed by atoms with Gasteiger partial charge in [0.1, 0.15) is 5.75 Å². The van der Waals surface area contributed by atoms with Crippen molar-refractivity contribution in [3.63, 3.8) is 0 Å².